The molecule has 0 saturated carbocycles. The van der Waals surface area contributed by atoms with E-state index in [1.165, 1.54) is 11.1 Å². The molecule has 0 spiro atoms. The molecule has 0 atom stereocenters. The summed E-state index contributed by atoms with van der Waals surface area (Å²) in [4.78, 5) is 0. The number of methoxy groups -OCH3 is 1. The fourth-order valence-corrected chi connectivity index (χ4v) is 2.18. The van der Waals surface area contributed by atoms with Crippen LogP contribution in [0, 0.1) is 0 Å². The molecule has 3 heteroatoms. The van der Waals surface area contributed by atoms with Crippen molar-refractivity contribution in [2.45, 2.75) is 39.0 Å². The first-order chi connectivity index (χ1) is 9.05. The normalized spacial score (nSPS) is 11.6. The molecular weight excluding hydrogens is 238 g/mol. The van der Waals surface area contributed by atoms with Crippen molar-refractivity contribution >= 4 is 0 Å². The van der Waals surface area contributed by atoms with E-state index < -0.39 is 0 Å². The van der Waals surface area contributed by atoms with Gasteiger partial charge in [-0.3, -0.25) is 0 Å². The monoisotopic (exact) mass is 265 g/mol. The molecule has 1 aromatic carbocycles. The van der Waals surface area contributed by atoms with Crippen LogP contribution < -0.4 is 10.1 Å². The molecule has 0 aliphatic carbocycles. The van der Waals surface area contributed by atoms with E-state index in [1.54, 1.807) is 7.11 Å². The fraction of sp³-hybridized carbons (Fsp3) is 0.625. The van der Waals surface area contributed by atoms with Crippen LogP contribution in [0.25, 0.3) is 0 Å². The Morgan fingerprint density at radius 2 is 2.05 bits per heavy atom. The summed E-state index contributed by atoms with van der Waals surface area (Å²) >= 11 is 0. The van der Waals surface area contributed by atoms with Gasteiger partial charge in [-0.1, -0.05) is 32.9 Å². The summed E-state index contributed by atoms with van der Waals surface area (Å²) in [5.41, 5.74) is 2.65. The Labute approximate surface area is 117 Å². The molecule has 0 saturated heterocycles. The number of aryl methyl sites for hydroxylation is 1. The van der Waals surface area contributed by atoms with Crippen molar-refractivity contribution in [1.82, 2.24) is 5.32 Å². The van der Waals surface area contributed by atoms with Gasteiger partial charge < -0.3 is 15.2 Å². The van der Waals surface area contributed by atoms with Crippen LogP contribution in [0.5, 0.6) is 5.75 Å². The maximum Gasteiger partial charge on any atom is 0.122 e. The standard InChI is InChI=1S/C16H27NO2/c1-5-13-11-14(7-8-15(13)19-4)16(2,3)12-17-9-6-10-18/h7-8,11,17-18H,5-6,9-10,12H2,1-4H3. The number of hydrogen-bond acceptors (Lipinski definition) is 3. The van der Waals surface area contributed by atoms with Gasteiger partial charge in [0.1, 0.15) is 5.75 Å². The topological polar surface area (TPSA) is 41.5 Å². The predicted octanol–water partition coefficient (Wildman–Crippen LogP) is 2.51. The van der Waals surface area contributed by atoms with Crippen LogP contribution in [0.2, 0.25) is 0 Å². The third-order valence-electron chi connectivity index (χ3n) is 3.52. The first kappa shape index (κ1) is 16.0. The second-order valence-corrected chi connectivity index (χ2v) is 5.52. The van der Waals surface area contributed by atoms with Crippen LogP contribution >= 0.6 is 0 Å². The Morgan fingerprint density at radius 3 is 2.63 bits per heavy atom. The molecule has 0 aliphatic heterocycles. The van der Waals surface area contributed by atoms with Gasteiger partial charge in [0.2, 0.25) is 0 Å². The molecule has 2 N–H and O–H groups in total. The van der Waals surface area contributed by atoms with Gasteiger partial charge in [-0.25, -0.2) is 0 Å². The molecule has 0 heterocycles. The van der Waals surface area contributed by atoms with Crippen molar-refractivity contribution in [3.63, 3.8) is 0 Å². The van der Waals surface area contributed by atoms with E-state index >= 15 is 0 Å². The third kappa shape index (κ3) is 4.51. The second-order valence-electron chi connectivity index (χ2n) is 5.52. The Morgan fingerprint density at radius 1 is 1.32 bits per heavy atom. The SMILES string of the molecule is CCc1cc(C(C)(C)CNCCCO)ccc1OC. The van der Waals surface area contributed by atoms with Gasteiger partial charge in [0.15, 0.2) is 0 Å². The number of rotatable bonds is 8. The molecule has 0 unspecified atom stereocenters. The van der Waals surface area contributed by atoms with Crippen molar-refractivity contribution in [3.8, 4) is 5.75 Å². The van der Waals surface area contributed by atoms with E-state index in [4.69, 9.17) is 9.84 Å². The Balaban J connectivity index is 2.76. The smallest absolute Gasteiger partial charge is 0.122 e. The molecule has 1 aromatic rings. The summed E-state index contributed by atoms with van der Waals surface area (Å²) in [6.45, 7) is 8.63. The number of ether oxygens (including phenoxy) is 1. The molecule has 108 valence electrons. The number of aliphatic hydroxyl groups excluding tert-OH is 1. The minimum absolute atomic E-state index is 0.0750. The van der Waals surface area contributed by atoms with E-state index in [9.17, 15) is 0 Å². The van der Waals surface area contributed by atoms with Gasteiger partial charge >= 0.3 is 0 Å². The Bertz CT molecular complexity index is 388. The van der Waals surface area contributed by atoms with Crippen LogP contribution in [0.3, 0.4) is 0 Å². The van der Waals surface area contributed by atoms with Gasteiger partial charge in [0.05, 0.1) is 7.11 Å². The summed E-state index contributed by atoms with van der Waals surface area (Å²) < 4.78 is 5.37. The molecule has 0 bridgehead atoms. The van der Waals surface area contributed by atoms with Crippen LogP contribution in [0.4, 0.5) is 0 Å². The second kappa shape index (κ2) is 7.51. The molecule has 0 aliphatic rings. The third-order valence-corrected chi connectivity index (χ3v) is 3.52. The molecule has 0 amide bonds. The van der Waals surface area contributed by atoms with E-state index in [0.29, 0.717) is 0 Å². The molecule has 19 heavy (non-hydrogen) atoms. The van der Waals surface area contributed by atoms with Crippen molar-refractivity contribution in [2.24, 2.45) is 0 Å². The summed E-state index contributed by atoms with van der Waals surface area (Å²) in [6, 6.07) is 6.45. The summed E-state index contributed by atoms with van der Waals surface area (Å²) in [7, 11) is 1.72. The molecule has 0 fully saturated rings. The van der Waals surface area contributed by atoms with Gasteiger partial charge in [-0.2, -0.15) is 0 Å². The van der Waals surface area contributed by atoms with Gasteiger partial charge in [-0.05, 0) is 36.6 Å². The highest BCUT2D eigenvalue weighted by Gasteiger charge is 2.21. The van der Waals surface area contributed by atoms with Gasteiger partial charge in [0.25, 0.3) is 0 Å². The number of nitrogens with one attached hydrogen (secondary N) is 1. The van der Waals surface area contributed by atoms with E-state index in [1.807, 2.05) is 0 Å². The fourth-order valence-electron chi connectivity index (χ4n) is 2.18. The zero-order chi connectivity index (χ0) is 14.3. The molecule has 0 radical (unpaired) electrons. The highest BCUT2D eigenvalue weighted by atomic mass is 16.5. The van der Waals surface area contributed by atoms with Crippen molar-refractivity contribution in [2.75, 3.05) is 26.8 Å². The lowest BCUT2D eigenvalue weighted by atomic mass is 9.83. The summed E-state index contributed by atoms with van der Waals surface area (Å²) in [5.74, 6) is 0.968. The zero-order valence-corrected chi connectivity index (χ0v) is 12.6. The lowest BCUT2D eigenvalue weighted by Crippen LogP contribution is -2.33. The lowest BCUT2D eigenvalue weighted by Gasteiger charge is -2.27. The number of benzene rings is 1. The van der Waals surface area contributed by atoms with Crippen molar-refractivity contribution in [3.05, 3.63) is 29.3 Å². The minimum atomic E-state index is 0.0750. The van der Waals surface area contributed by atoms with E-state index in [0.717, 1.165) is 31.7 Å². The Hall–Kier alpha value is -1.06. The number of aliphatic hydroxyl groups is 1. The van der Waals surface area contributed by atoms with Crippen molar-refractivity contribution in [1.29, 1.82) is 0 Å². The number of hydrogen-bond donors (Lipinski definition) is 2. The summed E-state index contributed by atoms with van der Waals surface area (Å²) in [5, 5.41) is 12.2. The maximum absolute atomic E-state index is 8.78. The zero-order valence-electron chi connectivity index (χ0n) is 12.6. The van der Waals surface area contributed by atoms with Crippen molar-refractivity contribution < 1.29 is 9.84 Å². The predicted molar refractivity (Wildman–Crippen MR) is 80.0 cm³/mol. The van der Waals surface area contributed by atoms with Crippen LogP contribution in [0.15, 0.2) is 18.2 Å². The van der Waals surface area contributed by atoms with Gasteiger partial charge in [-0.15, -0.1) is 0 Å². The van der Waals surface area contributed by atoms with Crippen LogP contribution in [-0.4, -0.2) is 31.9 Å². The largest absolute Gasteiger partial charge is 0.496 e. The first-order valence-electron chi connectivity index (χ1n) is 7.04. The molecular formula is C16H27NO2. The maximum atomic E-state index is 8.78. The highest BCUT2D eigenvalue weighted by Crippen LogP contribution is 2.28. The molecule has 0 aromatic heterocycles. The quantitative estimate of drug-likeness (QED) is 0.710. The molecule has 3 nitrogen and oxygen atoms in total. The minimum Gasteiger partial charge on any atom is -0.496 e. The lowest BCUT2D eigenvalue weighted by molar-refractivity contribution is 0.284. The molecule has 1 rings (SSSR count). The average Bonchev–Trinajstić information content (AvgIpc) is 2.42. The Kier molecular flexibility index (Phi) is 6.32. The first-order valence-corrected chi connectivity index (χ1v) is 7.04. The van der Waals surface area contributed by atoms with Gasteiger partial charge in [0, 0.05) is 18.6 Å². The highest BCUT2D eigenvalue weighted by molar-refractivity contribution is 5.40. The van der Waals surface area contributed by atoms with E-state index in [-0.39, 0.29) is 12.0 Å². The van der Waals surface area contributed by atoms with Crippen LogP contribution in [-0.2, 0) is 11.8 Å². The average molecular weight is 265 g/mol. The summed E-state index contributed by atoms with van der Waals surface area (Å²) in [6.07, 6.45) is 1.78. The van der Waals surface area contributed by atoms with E-state index in [2.05, 4.69) is 44.3 Å². The van der Waals surface area contributed by atoms with Crippen LogP contribution in [0.1, 0.15) is 38.3 Å².